The van der Waals surface area contributed by atoms with Crippen LogP contribution >= 0.6 is 27.7 Å². The molecule has 0 aliphatic heterocycles. The average molecular weight is 307 g/mol. The Hall–Kier alpha value is -0.0600. The van der Waals surface area contributed by atoms with E-state index < -0.39 is 0 Å². The van der Waals surface area contributed by atoms with Gasteiger partial charge in [0.2, 0.25) is 0 Å². The van der Waals surface area contributed by atoms with E-state index >= 15 is 0 Å². The molecule has 0 heterocycles. The Balaban J connectivity index is 2.43. The lowest BCUT2D eigenvalue weighted by Crippen LogP contribution is -2.10. The Morgan fingerprint density at radius 2 is 2.25 bits per heavy atom. The van der Waals surface area contributed by atoms with Gasteiger partial charge in [-0.05, 0) is 64.9 Å². The molecule has 0 amide bonds. The van der Waals surface area contributed by atoms with E-state index in [1.54, 1.807) is 23.9 Å². The fraction of sp³-hybridized carbons (Fsp3) is 0.500. The number of thioether (sulfide) groups is 1. The molecular formula is C12H16BrFOS. The minimum Gasteiger partial charge on any atom is -0.393 e. The fourth-order valence-electron chi connectivity index (χ4n) is 1.50. The van der Waals surface area contributed by atoms with E-state index in [1.165, 1.54) is 6.07 Å². The second kappa shape index (κ2) is 7.30. The predicted molar refractivity (Wildman–Crippen MR) is 71.4 cm³/mol. The van der Waals surface area contributed by atoms with Gasteiger partial charge >= 0.3 is 0 Å². The molecule has 1 atom stereocenters. The molecule has 0 bridgehead atoms. The van der Waals surface area contributed by atoms with E-state index in [2.05, 4.69) is 22.2 Å². The van der Waals surface area contributed by atoms with E-state index in [-0.39, 0.29) is 11.9 Å². The Morgan fingerprint density at radius 3 is 2.88 bits per heavy atom. The molecule has 1 N–H and O–H groups in total. The van der Waals surface area contributed by atoms with Gasteiger partial charge in [0, 0.05) is 0 Å². The maximum Gasteiger partial charge on any atom is 0.137 e. The van der Waals surface area contributed by atoms with Crippen LogP contribution in [-0.4, -0.2) is 23.2 Å². The van der Waals surface area contributed by atoms with Gasteiger partial charge in [-0.15, -0.1) is 0 Å². The lowest BCUT2D eigenvalue weighted by molar-refractivity contribution is 0.164. The molecule has 0 fully saturated rings. The summed E-state index contributed by atoms with van der Waals surface area (Å²) in [6.45, 7) is 0. The van der Waals surface area contributed by atoms with Gasteiger partial charge < -0.3 is 5.11 Å². The third kappa shape index (κ3) is 4.85. The summed E-state index contributed by atoms with van der Waals surface area (Å²) in [5.41, 5.74) is 0.963. The SMILES string of the molecule is CSCCCC(O)Cc1ccc(F)c(Br)c1. The Labute approximate surface area is 109 Å². The minimum atomic E-state index is -0.329. The third-order valence-electron chi connectivity index (χ3n) is 2.34. The van der Waals surface area contributed by atoms with Crippen molar-refractivity contribution in [3.05, 3.63) is 34.1 Å². The lowest BCUT2D eigenvalue weighted by atomic mass is 10.0. The molecule has 0 aromatic heterocycles. The van der Waals surface area contributed by atoms with E-state index in [1.807, 2.05) is 0 Å². The number of benzene rings is 1. The van der Waals surface area contributed by atoms with E-state index in [4.69, 9.17) is 0 Å². The number of hydrogen-bond donors (Lipinski definition) is 1. The Bertz CT molecular complexity index is 333. The van der Waals surface area contributed by atoms with Crippen molar-refractivity contribution in [2.45, 2.75) is 25.4 Å². The summed E-state index contributed by atoms with van der Waals surface area (Å²) in [7, 11) is 0. The van der Waals surface area contributed by atoms with Crippen LogP contribution in [0.2, 0.25) is 0 Å². The van der Waals surface area contributed by atoms with Crippen LogP contribution in [-0.2, 0) is 6.42 Å². The molecular weight excluding hydrogens is 291 g/mol. The topological polar surface area (TPSA) is 20.2 Å². The molecule has 1 aromatic rings. The highest BCUT2D eigenvalue weighted by molar-refractivity contribution is 9.10. The standard InChI is InChI=1S/C12H16BrFOS/c1-16-6-2-3-10(15)7-9-4-5-12(14)11(13)8-9/h4-5,8,10,15H,2-3,6-7H2,1H3. The summed E-state index contributed by atoms with van der Waals surface area (Å²) in [6.07, 6.45) is 4.14. The first-order valence-electron chi connectivity index (χ1n) is 5.24. The molecule has 16 heavy (non-hydrogen) atoms. The van der Waals surface area contributed by atoms with Gasteiger partial charge in [0.1, 0.15) is 5.82 Å². The fourth-order valence-corrected chi connectivity index (χ4v) is 2.39. The summed E-state index contributed by atoms with van der Waals surface area (Å²) in [4.78, 5) is 0. The maximum atomic E-state index is 13.0. The first kappa shape index (κ1) is 14.0. The van der Waals surface area contributed by atoms with E-state index in [9.17, 15) is 9.50 Å². The molecule has 90 valence electrons. The van der Waals surface area contributed by atoms with Crippen molar-refractivity contribution < 1.29 is 9.50 Å². The van der Waals surface area contributed by atoms with E-state index in [0.717, 1.165) is 24.2 Å². The summed E-state index contributed by atoms with van der Waals surface area (Å²) in [6, 6.07) is 4.87. The molecule has 0 saturated carbocycles. The van der Waals surface area contributed by atoms with Crippen molar-refractivity contribution in [1.29, 1.82) is 0 Å². The molecule has 1 nitrogen and oxygen atoms in total. The molecule has 0 aliphatic rings. The summed E-state index contributed by atoms with van der Waals surface area (Å²) in [5.74, 6) is 0.810. The van der Waals surface area contributed by atoms with Gasteiger partial charge in [-0.25, -0.2) is 4.39 Å². The van der Waals surface area contributed by atoms with Crippen molar-refractivity contribution in [3.63, 3.8) is 0 Å². The summed E-state index contributed by atoms with van der Waals surface area (Å²) in [5, 5.41) is 9.77. The normalized spacial score (nSPS) is 12.8. The van der Waals surface area contributed by atoms with Crippen LogP contribution in [0, 0.1) is 5.82 Å². The Kier molecular flexibility index (Phi) is 6.39. The molecule has 0 spiro atoms. The molecule has 0 aliphatic carbocycles. The number of aliphatic hydroxyl groups is 1. The quantitative estimate of drug-likeness (QED) is 0.810. The summed E-state index contributed by atoms with van der Waals surface area (Å²) >= 11 is 4.93. The number of rotatable bonds is 6. The monoisotopic (exact) mass is 306 g/mol. The predicted octanol–water partition coefficient (Wildman–Crippen LogP) is 3.63. The van der Waals surface area contributed by atoms with Crippen molar-refractivity contribution in [2.24, 2.45) is 0 Å². The van der Waals surface area contributed by atoms with Crippen molar-refractivity contribution in [3.8, 4) is 0 Å². The van der Waals surface area contributed by atoms with Crippen LogP contribution in [0.15, 0.2) is 22.7 Å². The maximum absolute atomic E-state index is 13.0. The third-order valence-corrected chi connectivity index (χ3v) is 3.65. The first-order valence-corrected chi connectivity index (χ1v) is 7.43. The smallest absolute Gasteiger partial charge is 0.137 e. The first-order chi connectivity index (χ1) is 7.63. The van der Waals surface area contributed by atoms with Crippen LogP contribution in [0.5, 0.6) is 0 Å². The lowest BCUT2D eigenvalue weighted by Gasteiger charge is -2.10. The number of hydrogen-bond acceptors (Lipinski definition) is 2. The average Bonchev–Trinajstić information content (AvgIpc) is 2.24. The van der Waals surface area contributed by atoms with Crippen molar-refractivity contribution in [2.75, 3.05) is 12.0 Å². The summed E-state index contributed by atoms with van der Waals surface area (Å²) < 4.78 is 13.4. The largest absolute Gasteiger partial charge is 0.393 e. The zero-order chi connectivity index (χ0) is 12.0. The van der Waals surface area contributed by atoms with Crippen LogP contribution in [0.25, 0.3) is 0 Å². The van der Waals surface area contributed by atoms with Crippen LogP contribution in [0.3, 0.4) is 0 Å². The highest BCUT2D eigenvalue weighted by atomic mass is 79.9. The molecule has 1 rings (SSSR count). The number of halogens is 2. The molecule has 1 unspecified atom stereocenters. The van der Waals surface area contributed by atoms with Crippen LogP contribution in [0.1, 0.15) is 18.4 Å². The Morgan fingerprint density at radius 1 is 1.50 bits per heavy atom. The van der Waals surface area contributed by atoms with Gasteiger partial charge in [0.15, 0.2) is 0 Å². The van der Waals surface area contributed by atoms with Gasteiger partial charge in [-0.1, -0.05) is 6.07 Å². The van der Waals surface area contributed by atoms with Crippen LogP contribution < -0.4 is 0 Å². The van der Waals surface area contributed by atoms with Gasteiger partial charge in [-0.2, -0.15) is 11.8 Å². The van der Waals surface area contributed by atoms with Gasteiger partial charge in [0.25, 0.3) is 0 Å². The second-order valence-corrected chi connectivity index (χ2v) is 5.58. The van der Waals surface area contributed by atoms with Gasteiger partial charge in [0.05, 0.1) is 10.6 Å². The molecule has 0 radical (unpaired) electrons. The van der Waals surface area contributed by atoms with Gasteiger partial charge in [-0.3, -0.25) is 0 Å². The highest BCUT2D eigenvalue weighted by Crippen LogP contribution is 2.18. The van der Waals surface area contributed by atoms with E-state index in [0.29, 0.717) is 10.9 Å². The second-order valence-electron chi connectivity index (χ2n) is 3.74. The zero-order valence-corrected chi connectivity index (χ0v) is 11.7. The number of aliphatic hydroxyl groups excluding tert-OH is 1. The molecule has 1 aromatic carbocycles. The highest BCUT2D eigenvalue weighted by Gasteiger charge is 2.07. The zero-order valence-electron chi connectivity index (χ0n) is 9.25. The van der Waals surface area contributed by atoms with Crippen molar-refractivity contribution in [1.82, 2.24) is 0 Å². The minimum absolute atomic E-state index is 0.263. The van der Waals surface area contributed by atoms with Crippen molar-refractivity contribution >= 4 is 27.7 Å². The molecule has 4 heteroatoms. The molecule has 0 saturated heterocycles. The van der Waals surface area contributed by atoms with Crippen LogP contribution in [0.4, 0.5) is 4.39 Å².